The van der Waals surface area contributed by atoms with Crippen LogP contribution in [0.2, 0.25) is 0 Å². The molecule has 0 bridgehead atoms. The van der Waals surface area contributed by atoms with Crippen LogP contribution in [0.15, 0.2) is 127 Å². The second-order valence-corrected chi connectivity index (χ2v) is 18.4. The maximum Gasteiger partial charge on any atom is 0.416 e. The van der Waals surface area contributed by atoms with Crippen molar-refractivity contribution < 1.29 is 123 Å². The maximum atomic E-state index is 13.9. The molecule has 0 spiro atoms. The van der Waals surface area contributed by atoms with Crippen molar-refractivity contribution in [1.29, 1.82) is 0 Å². The third-order valence-corrected chi connectivity index (χ3v) is 12.2. The van der Waals surface area contributed by atoms with Crippen LogP contribution >= 0.6 is 0 Å². The number of hydrogen-bond acceptors (Lipinski definition) is 12. The largest absolute Gasteiger partial charge is 0.416 e. The zero-order chi connectivity index (χ0) is 64.2. The van der Waals surface area contributed by atoms with Gasteiger partial charge in [0.15, 0.2) is 0 Å². The van der Waals surface area contributed by atoms with E-state index in [2.05, 4.69) is 40.8 Å². The summed E-state index contributed by atoms with van der Waals surface area (Å²) in [6.45, 7) is 0. The highest BCUT2D eigenvalue weighted by atomic mass is 19.4. The second-order valence-electron chi connectivity index (χ2n) is 18.4. The summed E-state index contributed by atoms with van der Waals surface area (Å²) in [7, 11) is 0. The Hall–Kier alpha value is -9.80. The first-order valence-electron chi connectivity index (χ1n) is 23.4. The molecular formula is C52H18F24N8O4. The van der Waals surface area contributed by atoms with E-state index in [4.69, 9.17) is 17.7 Å². The fourth-order valence-electron chi connectivity index (χ4n) is 8.22. The fraction of sp³-hybridized carbons (Fsp3) is 0.154. The molecule has 0 atom stereocenters. The van der Waals surface area contributed by atoms with Gasteiger partial charge in [-0.3, -0.25) is 0 Å². The fourth-order valence-corrected chi connectivity index (χ4v) is 8.22. The third-order valence-electron chi connectivity index (χ3n) is 12.2. The number of halogens is 24. The zero-order valence-corrected chi connectivity index (χ0v) is 41.7. The van der Waals surface area contributed by atoms with E-state index in [9.17, 15) is 105 Å². The van der Waals surface area contributed by atoms with Gasteiger partial charge in [0, 0.05) is 44.5 Å². The van der Waals surface area contributed by atoms with Gasteiger partial charge in [0.1, 0.15) is 0 Å². The Kier molecular flexibility index (Phi) is 14.6. The maximum absolute atomic E-state index is 13.9. The molecule has 6 aromatic carbocycles. The highest BCUT2D eigenvalue weighted by Crippen LogP contribution is 2.46. The summed E-state index contributed by atoms with van der Waals surface area (Å²) < 4.78 is 356. The normalized spacial score (nSPS) is 13.2. The van der Waals surface area contributed by atoms with Crippen LogP contribution in [0.25, 0.3) is 103 Å². The molecule has 10 aromatic rings. The van der Waals surface area contributed by atoms with Crippen molar-refractivity contribution in [2.24, 2.45) is 0 Å². The van der Waals surface area contributed by atoms with Gasteiger partial charge in [0.05, 0.1) is 44.5 Å². The Labute approximate surface area is 469 Å². The van der Waals surface area contributed by atoms with E-state index in [0.29, 0.717) is 0 Å². The average molecular weight is 1270 g/mol. The van der Waals surface area contributed by atoms with E-state index >= 15 is 0 Å². The van der Waals surface area contributed by atoms with Crippen LogP contribution in [-0.4, -0.2) is 40.8 Å². The van der Waals surface area contributed by atoms with Crippen molar-refractivity contribution in [3.63, 3.8) is 0 Å². The van der Waals surface area contributed by atoms with E-state index in [-0.39, 0.29) is 83.9 Å². The van der Waals surface area contributed by atoms with Crippen LogP contribution in [-0.2, 0) is 49.4 Å². The lowest BCUT2D eigenvalue weighted by Crippen LogP contribution is -2.11. The Bertz CT molecular complexity index is 3640. The van der Waals surface area contributed by atoms with Crippen molar-refractivity contribution in [1.82, 2.24) is 40.8 Å². The van der Waals surface area contributed by atoms with Gasteiger partial charge >= 0.3 is 49.4 Å². The monoisotopic (exact) mass is 1270 g/mol. The van der Waals surface area contributed by atoms with Crippen LogP contribution in [0.3, 0.4) is 0 Å². The van der Waals surface area contributed by atoms with Crippen molar-refractivity contribution in [3.05, 3.63) is 154 Å². The molecule has 88 heavy (non-hydrogen) atoms. The summed E-state index contributed by atoms with van der Waals surface area (Å²) in [5.41, 5.74) is -21.3. The highest BCUT2D eigenvalue weighted by Gasteiger charge is 2.42. The third kappa shape index (κ3) is 13.0. The molecule has 0 radical (unpaired) electrons. The van der Waals surface area contributed by atoms with Crippen LogP contribution < -0.4 is 0 Å². The lowest BCUT2D eigenvalue weighted by molar-refractivity contribution is -0.144. The summed E-state index contributed by atoms with van der Waals surface area (Å²) in [6.07, 6.45) is -43.3. The van der Waals surface area contributed by atoms with Crippen molar-refractivity contribution in [3.8, 4) is 103 Å². The quantitative estimate of drug-likeness (QED) is 0.126. The minimum Gasteiger partial charge on any atom is -0.416 e. The number of aromatic nitrogens is 8. The van der Waals surface area contributed by atoms with Gasteiger partial charge in [-0.05, 0) is 120 Å². The molecule has 0 saturated heterocycles. The van der Waals surface area contributed by atoms with Crippen LogP contribution in [0.1, 0.15) is 44.5 Å². The molecule has 0 amide bonds. The molecule has 10 rings (SSSR count). The Morgan fingerprint density at radius 3 is 0.398 bits per heavy atom. The van der Waals surface area contributed by atoms with Gasteiger partial charge in [-0.25, -0.2) is 0 Å². The van der Waals surface area contributed by atoms with Crippen molar-refractivity contribution in [2.75, 3.05) is 0 Å². The van der Waals surface area contributed by atoms with E-state index < -0.39 is 186 Å². The minimum absolute atomic E-state index is 0.190. The molecule has 0 aliphatic heterocycles. The molecule has 36 heteroatoms. The molecule has 0 saturated carbocycles. The predicted molar refractivity (Wildman–Crippen MR) is 247 cm³/mol. The molecule has 0 aliphatic carbocycles. The standard InChI is InChI=1S/C52H18F24N8O4/c53-45(54,55)29-7-25(8-30(15-29)46(56,57)58)41-81-77-37(85-41)21-1-19(2-22(5-21)38-78-82-42(86-38)26-9-31(47(59,60)61)16-32(10-26)48(62,63)64)20-3-23(39-79-83-43(87-39)27-11-33(49(65,66)67)17-34(12-27)50(68,69)70)6-24(4-20)40-80-84-44(88-40)28-13-35(51(71,72)73)18-36(14-28)52(74,75)76/h1-18H. The number of alkyl halides is 24. The average Bonchev–Trinajstić information content (AvgIpc) is 3.98. The van der Waals surface area contributed by atoms with E-state index in [1.165, 1.54) is 0 Å². The first kappa shape index (κ1) is 61.3. The summed E-state index contributed by atoms with van der Waals surface area (Å²) in [5.74, 6) is -7.41. The SMILES string of the molecule is FC(F)(F)c1cc(-c2nnc(-c3cc(-c4cc(-c5nnc(-c6cc(C(F)(F)F)cc(C(F)(F)F)c6)o5)cc(-c5nnc(-c6cc(C(F)(F)F)cc(C(F)(F)F)c6)o5)c4)cc(-c4nnc(-c5cc(C(F)(F)F)cc(C(F)(F)F)c5)o4)c3)o2)cc(C(F)(F)F)c1. The Morgan fingerprint density at radius 2 is 0.273 bits per heavy atom. The lowest BCUT2D eigenvalue weighted by atomic mass is 9.96. The van der Waals surface area contributed by atoms with Crippen LogP contribution in [0.4, 0.5) is 105 Å². The van der Waals surface area contributed by atoms with E-state index in [1.54, 1.807) is 0 Å². The Balaban J connectivity index is 1.19. The number of benzene rings is 6. The highest BCUT2D eigenvalue weighted by molar-refractivity contribution is 5.82. The molecule has 458 valence electrons. The topological polar surface area (TPSA) is 156 Å². The molecule has 0 aliphatic rings. The number of hydrogen-bond donors (Lipinski definition) is 0. The predicted octanol–water partition coefficient (Wildman–Crippen LogP) is 18.4. The first-order chi connectivity index (χ1) is 40.5. The van der Waals surface area contributed by atoms with Crippen molar-refractivity contribution >= 4 is 0 Å². The molecule has 0 N–H and O–H groups in total. The van der Waals surface area contributed by atoms with Crippen LogP contribution in [0.5, 0.6) is 0 Å². The smallest absolute Gasteiger partial charge is 0.416 e. The number of rotatable bonds is 9. The summed E-state index contributed by atoms with van der Waals surface area (Å²) in [6, 6.07) is 6.40. The molecular weight excluding hydrogens is 1260 g/mol. The van der Waals surface area contributed by atoms with Gasteiger partial charge in [-0.2, -0.15) is 105 Å². The van der Waals surface area contributed by atoms with Crippen LogP contribution in [0, 0.1) is 0 Å². The molecule has 4 heterocycles. The molecule has 4 aromatic heterocycles. The van der Waals surface area contributed by atoms with Gasteiger partial charge in [0.2, 0.25) is 47.1 Å². The van der Waals surface area contributed by atoms with Gasteiger partial charge in [-0.15, -0.1) is 40.8 Å². The molecule has 12 nitrogen and oxygen atoms in total. The van der Waals surface area contributed by atoms with Gasteiger partial charge < -0.3 is 17.7 Å². The summed E-state index contributed by atoms with van der Waals surface area (Å²) in [5, 5.41) is 29.1. The van der Waals surface area contributed by atoms with Gasteiger partial charge in [0.25, 0.3) is 0 Å². The zero-order valence-electron chi connectivity index (χ0n) is 41.7. The van der Waals surface area contributed by atoms with Crippen molar-refractivity contribution in [2.45, 2.75) is 49.4 Å². The van der Waals surface area contributed by atoms with E-state index in [1.807, 2.05) is 0 Å². The summed E-state index contributed by atoms with van der Waals surface area (Å²) >= 11 is 0. The first-order valence-corrected chi connectivity index (χ1v) is 23.4. The second kappa shape index (κ2) is 21.0. The minimum atomic E-state index is -5.41. The lowest BCUT2D eigenvalue weighted by Gasteiger charge is -2.13. The van der Waals surface area contributed by atoms with Gasteiger partial charge in [-0.1, -0.05) is 0 Å². The summed E-state index contributed by atoms with van der Waals surface area (Å²) in [4.78, 5) is 0. The number of nitrogens with zero attached hydrogens (tertiary/aromatic N) is 8. The van der Waals surface area contributed by atoms with E-state index in [0.717, 1.165) is 36.4 Å². The molecule has 0 unspecified atom stereocenters. The Morgan fingerprint density at radius 1 is 0.159 bits per heavy atom. The molecule has 0 fully saturated rings.